The molecule has 0 aromatic carbocycles. The number of carbonyl (C=O) groups excluding carboxylic acids is 1. The maximum absolute atomic E-state index is 14.9. The van der Waals surface area contributed by atoms with Gasteiger partial charge in [-0.05, 0) is 61.9 Å². The molecule has 1 fully saturated rings. The van der Waals surface area contributed by atoms with Crippen molar-refractivity contribution in [2.75, 3.05) is 29.9 Å². The molecule has 1 aliphatic rings. The predicted octanol–water partition coefficient (Wildman–Crippen LogP) is 3.27. The zero-order valence-electron chi connectivity index (χ0n) is 18.3. The van der Waals surface area contributed by atoms with Gasteiger partial charge in [-0.25, -0.2) is 23.8 Å². The molecular weight excluding hydrogens is 423 g/mol. The first-order valence-electron chi connectivity index (χ1n) is 10.9. The van der Waals surface area contributed by atoms with Crippen molar-refractivity contribution in [3.63, 3.8) is 0 Å². The molecule has 10 heteroatoms. The number of nitriles is 1. The quantitative estimate of drug-likeness (QED) is 0.599. The van der Waals surface area contributed by atoms with Gasteiger partial charge in [-0.3, -0.25) is 5.32 Å². The van der Waals surface area contributed by atoms with E-state index in [1.54, 1.807) is 36.1 Å². The van der Waals surface area contributed by atoms with Crippen molar-refractivity contribution >= 4 is 17.5 Å². The summed E-state index contributed by atoms with van der Waals surface area (Å²) in [5.74, 6) is 0.340. The van der Waals surface area contributed by atoms with Crippen LogP contribution in [-0.2, 0) is 6.42 Å². The third kappa shape index (κ3) is 5.09. The first-order valence-corrected chi connectivity index (χ1v) is 10.9. The van der Waals surface area contributed by atoms with Crippen molar-refractivity contribution in [2.45, 2.75) is 26.2 Å². The Morgan fingerprint density at radius 1 is 1.27 bits per heavy atom. The minimum absolute atomic E-state index is 0.0575. The minimum Gasteiger partial charge on any atom is -0.369 e. The van der Waals surface area contributed by atoms with Gasteiger partial charge in [0.1, 0.15) is 6.07 Å². The second-order valence-electron chi connectivity index (χ2n) is 7.85. The van der Waals surface area contributed by atoms with E-state index < -0.39 is 11.8 Å². The summed E-state index contributed by atoms with van der Waals surface area (Å²) in [6.07, 6.45) is 7.23. The number of hydrogen-bond donors (Lipinski definition) is 2. The van der Waals surface area contributed by atoms with Crippen LogP contribution < -0.4 is 15.5 Å². The van der Waals surface area contributed by atoms with Crippen LogP contribution in [0.1, 0.15) is 31.0 Å². The van der Waals surface area contributed by atoms with Gasteiger partial charge in [-0.1, -0.05) is 0 Å². The number of urea groups is 1. The molecule has 0 bridgehead atoms. The molecule has 1 saturated heterocycles. The molecule has 9 nitrogen and oxygen atoms in total. The van der Waals surface area contributed by atoms with Gasteiger partial charge in [0.15, 0.2) is 23.1 Å². The highest BCUT2D eigenvalue weighted by atomic mass is 19.1. The largest absolute Gasteiger partial charge is 0.369 e. The second kappa shape index (κ2) is 10.1. The fourth-order valence-electron chi connectivity index (χ4n) is 4.04. The van der Waals surface area contributed by atoms with Crippen LogP contribution in [0.4, 0.5) is 20.7 Å². The molecule has 4 heterocycles. The van der Waals surface area contributed by atoms with Gasteiger partial charge < -0.3 is 10.2 Å². The summed E-state index contributed by atoms with van der Waals surface area (Å²) in [7, 11) is 0. The van der Waals surface area contributed by atoms with E-state index in [1.165, 1.54) is 6.20 Å². The number of piperidine rings is 1. The summed E-state index contributed by atoms with van der Waals surface area (Å²) in [5.41, 5.74) is 1.70. The summed E-state index contributed by atoms with van der Waals surface area (Å²) >= 11 is 0. The first-order chi connectivity index (χ1) is 16.1. The number of rotatable bonds is 6. The van der Waals surface area contributed by atoms with Crippen LogP contribution in [0.2, 0.25) is 0 Å². The van der Waals surface area contributed by atoms with Crippen molar-refractivity contribution in [2.24, 2.45) is 5.92 Å². The summed E-state index contributed by atoms with van der Waals surface area (Å²) in [5, 5.41) is 18.8. The lowest BCUT2D eigenvalue weighted by atomic mass is 9.90. The van der Waals surface area contributed by atoms with Crippen LogP contribution in [-0.4, -0.2) is 45.4 Å². The average molecular weight is 449 g/mol. The molecule has 0 spiro atoms. The molecule has 1 aliphatic heterocycles. The van der Waals surface area contributed by atoms with Gasteiger partial charge in [-0.2, -0.15) is 10.4 Å². The molecular formula is C23H25FN8O. The number of amides is 2. The standard InChI is InChI=1S/C23H25FN8O/c1-2-26-23(33)30-22-21(24)17(6-10-27-22)14-16-7-12-31(13-8-16)19-4-5-20(29-18(19)15-25)32-11-3-9-28-32/h3-6,9-11,16H,2,7-8,12-14H2,1H3,(H2,26,27,30,33). The lowest BCUT2D eigenvalue weighted by molar-refractivity contribution is 0.252. The van der Waals surface area contributed by atoms with Crippen LogP contribution in [0, 0.1) is 23.1 Å². The van der Waals surface area contributed by atoms with Crippen molar-refractivity contribution in [3.05, 3.63) is 59.9 Å². The molecule has 2 N–H and O–H groups in total. The van der Waals surface area contributed by atoms with Crippen LogP contribution >= 0.6 is 0 Å². The Bertz CT molecular complexity index is 1150. The average Bonchev–Trinajstić information content (AvgIpc) is 3.37. The Morgan fingerprint density at radius 2 is 2.09 bits per heavy atom. The third-order valence-corrected chi connectivity index (χ3v) is 5.71. The van der Waals surface area contributed by atoms with E-state index in [-0.39, 0.29) is 11.7 Å². The Kier molecular flexibility index (Phi) is 6.78. The van der Waals surface area contributed by atoms with Gasteiger partial charge in [0, 0.05) is 38.2 Å². The van der Waals surface area contributed by atoms with Crippen molar-refractivity contribution < 1.29 is 9.18 Å². The highest BCUT2D eigenvalue weighted by molar-refractivity contribution is 5.88. The van der Waals surface area contributed by atoms with E-state index in [4.69, 9.17) is 0 Å². The molecule has 3 aromatic heterocycles. The molecule has 0 atom stereocenters. The lowest BCUT2D eigenvalue weighted by Crippen LogP contribution is -2.35. The number of anilines is 2. The molecule has 0 radical (unpaired) electrons. The van der Waals surface area contributed by atoms with Crippen molar-refractivity contribution in [1.82, 2.24) is 25.1 Å². The van der Waals surface area contributed by atoms with E-state index >= 15 is 0 Å². The topological polar surface area (TPSA) is 112 Å². The van der Waals surface area contributed by atoms with Gasteiger partial charge in [0.2, 0.25) is 0 Å². The van der Waals surface area contributed by atoms with Crippen molar-refractivity contribution in [3.8, 4) is 11.9 Å². The number of aromatic nitrogens is 4. The van der Waals surface area contributed by atoms with Crippen LogP contribution in [0.25, 0.3) is 5.82 Å². The second-order valence-corrected chi connectivity index (χ2v) is 7.85. The number of hydrogen-bond acceptors (Lipinski definition) is 6. The molecule has 0 saturated carbocycles. The summed E-state index contributed by atoms with van der Waals surface area (Å²) in [6, 6.07) is 8.94. The Balaban J connectivity index is 1.40. The highest BCUT2D eigenvalue weighted by Gasteiger charge is 2.24. The number of halogens is 1. The predicted molar refractivity (Wildman–Crippen MR) is 122 cm³/mol. The Hall–Kier alpha value is -4.00. The normalized spacial score (nSPS) is 14.0. The smallest absolute Gasteiger partial charge is 0.320 e. The maximum Gasteiger partial charge on any atom is 0.320 e. The van der Waals surface area contributed by atoms with Gasteiger partial charge in [0.05, 0.1) is 5.69 Å². The van der Waals surface area contributed by atoms with Crippen LogP contribution in [0.5, 0.6) is 0 Å². The zero-order chi connectivity index (χ0) is 23.2. The fraction of sp³-hybridized carbons (Fsp3) is 0.348. The number of nitrogens with one attached hydrogen (secondary N) is 2. The lowest BCUT2D eigenvalue weighted by Gasteiger charge is -2.34. The van der Waals surface area contributed by atoms with Gasteiger partial charge in [0.25, 0.3) is 0 Å². The minimum atomic E-state index is -0.489. The van der Waals surface area contributed by atoms with Crippen molar-refractivity contribution in [1.29, 1.82) is 5.26 Å². The van der Waals surface area contributed by atoms with E-state index in [2.05, 4.69) is 36.7 Å². The first kappa shape index (κ1) is 22.2. The number of pyridine rings is 2. The number of nitrogens with zero attached hydrogens (tertiary/aromatic N) is 6. The van der Waals surface area contributed by atoms with Gasteiger partial charge in [-0.15, -0.1) is 0 Å². The van der Waals surface area contributed by atoms with Crippen LogP contribution in [0.15, 0.2) is 42.9 Å². The monoisotopic (exact) mass is 448 g/mol. The summed E-state index contributed by atoms with van der Waals surface area (Å²) in [4.78, 5) is 22.3. The zero-order valence-corrected chi connectivity index (χ0v) is 18.3. The summed E-state index contributed by atoms with van der Waals surface area (Å²) in [6.45, 7) is 3.73. The fourth-order valence-corrected chi connectivity index (χ4v) is 4.04. The molecule has 0 unspecified atom stereocenters. The van der Waals surface area contributed by atoms with E-state index in [9.17, 15) is 14.4 Å². The summed E-state index contributed by atoms with van der Waals surface area (Å²) < 4.78 is 16.5. The molecule has 2 amide bonds. The SMILES string of the molecule is CCNC(=O)Nc1nccc(CC2CCN(c3ccc(-n4cccn4)nc3C#N)CC2)c1F. The molecule has 0 aliphatic carbocycles. The molecule has 170 valence electrons. The third-order valence-electron chi connectivity index (χ3n) is 5.71. The Morgan fingerprint density at radius 3 is 2.79 bits per heavy atom. The van der Waals surface area contributed by atoms with E-state index in [1.807, 2.05) is 12.1 Å². The van der Waals surface area contributed by atoms with E-state index in [0.717, 1.165) is 31.6 Å². The van der Waals surface area contributed by atoms with E-state index in [0.29, 0.717) is 30.0 Å². The van der Waals surface area contributed by atoms with Gasteiger partial charge >= 0.3 is 6.03 Å². The molecule has 3 aromatic rings. The maximum atomic E-state index is 14.9. The Labute approximate surface area is 191 Å². The highest BCUT2D eigenvalue weighted by Crippen LogP contribution is 2.29. The molecule has 4 rings (SSSR count). The van der Waals surface area contributed by atoms with Crippen LogP contribution in [0.3, 0.4) is 0 Å². The number of carbonyl (C=O) groups is 1. The molecule has 33 heavy (non-hydrogen) atoms.